The Balaban J connectivity index is 1.74. The van der Waals surface area contributed by atoms with Crippen molar-refractivity contribution >= 4 is 29.6 Å². The van der Waals surface area contributed by atoms with E-state index in [1.54, 1.807) is 30.3 Å². The van der Waals surface area contributed by atoms with E-state index < -0.39 is 6.03 Å². The number of rotatable bonds is 5. The van der Waals surface area contributed by atoms with Crippen LogP contribution in [0, 0.1) is 0 Å². The lowest BCUT2D eigenvalue weighted by Gasteiger charge is -2.11. The number of nitrogens with one attached hydrogen (secondary N) is 1. The number of halogens is 1. The molecule has 2 aromatic rings. The van der Waals surface area contributed by atoms with Crippen LogP contribution in [0.2, 0.25) is 5.02 Å². The lowest BCUT2D eigenvalue weighted by molar-refractivity contribution is -0.123. The van der Waals surface area contributed by atoms with E-state index >= 15 is 0 Å². The number of carbonyl (C=O) groups is 2. The van der Waals surface area contributed by atoms with Gasteiger partial charge in [-0.3, -0.25) is 9.69 Å². The largest absolute Gasteiger partial charge is 0.494 e. The van der Waals surface area contributed by atoms with E-state index in [2.05, 4.69) is 5.32 Å². The van der Waals surface area contributed by atoms with Crippen molar-refractivity contribution in [2.45, 2.75) is 13.5 Å². The Morgan fingerprint density at radius 2 is 1.76 bits per heavy atom. The summed E-state index contributed by atoms with van der Waals surface area (Å²) in [7, 11) is 0. The van der Waals surface area contributed by atoms with E-state index in [1.165, 1.54) is 4.90 Å². The summed E-state index contributed by atoms with van der Waals surface area (Å²) < 4.78 is 5.39. The van der Waals surface area contributed by atoms with Gasteiger partial charge in [-0.25, -0.2) is 4.79 Å². The van der Waals surface area contributed by atoms with E-state index in [1.807, 2.05) is 31.2 Å². The molecule has 1 N–H and O–H groups in total. The van der Waals surface area contributed by atoms with Crippen molar-refractivity contribution < 1.29 is 14.3 Å². The first-order valence-electron chi connectivity index (χ1n) is 7.88. The zero-order chi connectivity index (χ0) is 17.8. The predicted molar refractivity (Wildman–Crippen MR) is 96.1 cm³/mol. The van der Waals surface area contributed by atoms with Crippen LogP contribution < -0.4 is 10.1 Å². The number of ether oxygens (including phenoxy) is 1. The van der Waals surface area contributed by atoms with Gasteiger partial charge in [0.05, 0.1) is 13.2 Å². The molecule has 3 amide bonds. The summed E-state index contributed by atoms with van der Waals surface area (Å²) in [5.41, 5.74) is 1.89. The number of hydrogen-bond donors (Lipinski definition) is 1. The van der Waals surface area contributed by atoms with E-state index in [4.69, 9.17) is 16.3 Å². The van der Waals surface area contributed by atoms with Gasteiger partial charge in [0.15, 0.2) is 0 Å². The maximum absolute atomic E-state index is 12.5. The molecule has 0 radical (unpaired) electrons. The maximum Gasteiger partial charge on any atom is 0.329 e. The van der Waals surface area contributed by atoms with Crippen molar-refractivity contribution in [1.29, 1.82) is 0 Å². The molecule has 0 unspecified atom stereocenters. The molecule has 0 bridgehead atoms. The van der Waals surface area contributed by atoms with Crippen molar-refractivity contribution in [1.82, 2.24) is 10.2 Å². The fraction of sp³-hybridized carbons (Fsp3) is 0.158. The Hall–Kier alpha value is -2.79. The first-order valence-corrected chi connectivity index (χ1v) is 8.26. The number of urea groups is 1. The third-order valence-electron chi connectivity index (χ3n) is 3.72. The maximum atomic E-state index is 12.5. The molecule has 0 saturated carbocycles. The van der Waals surface area contributed by atoms with Crippen LogP contribution in [-0.4, -0.2) is 23.4 Å². The number of imide groups is 1. The molecule has 5 nitrogen and oxygen atoms in total. The highest BCUT2D eigenvalue weighted by Gasteiger charge is 2.33. The van der Waals surface area contributed by atoms with Gasteiger partial charge < -0.3 is 10.1 Å². The molecule has 25 heavy (non-hydrogen) atoms. The summed E-state index contributed by atoms with van der Waals surface area (Å²) in [6.07, 6.45) is 1.65. The van der Waals surface area contributed by atoms with Gasteiger partial charge in [0.2, 0.25) is 0 Å². The molecule has 1 aliphatic heterocycles. The van der Waals surface area contributed by atoms with E-state index in [9.17, 15) is 9.59 Å². The average Bonchev–Trinajstić information content (AvgIpc) is 2.86. The van der Waals surface area contributed by atoms with E-state index in [-0.39, 0.29) is 18.1 Å². The lowest BCUT2D eigenvalue weighted by atomic mass is 10.1. The molecule has 2 aromatic carbocycles. The van der Waals surface area contributed by atoms with Crippen molar-refractivity contribution in [2.75, 3.05) is 6.61 Å². The molecule has 128 valence electrons. The lowest BCUT2D eigenvalue weighted by Crippen LogP contribution is -2.30. The average molecular weight is 357 g/mol. The van der Waals surface area contributed by atoms with Crippen LogP contribution in [0.3, 0.4) is 0 Å². The smallest absolute Gasteiger partial charge is 0.329 e. The second-order valence-electron chi connectivity index (χ2n) is 5.51. The number of nitrogens with zero attached hydrogens (tertiary/aromatic N) is 1. The topological polar surface area (TPSA) is 58.6 Å². The Kier molecular flexibility index (Phi) is 5.05. The van der Waals surface area contributed by atoms with Crippen LogP contribution in [0.4, 0.5) is 4.79 Å². The monoisotopic (exact) mass is 356 g/mol. The molecule has 1 fully saturated rings. The Labute approximate surface area is 150 Å². The molecule has 1 saturated heterocycles. The Morgan fingerprint density at radius 3 is 2.40 bits per heavy atom. The Bertz CT molecular complexity index is 814. The van der Waals surface area contributed by atoms with Crippen molar-refractivity contribution in [3.63, 3.8) is 0 Å². The van der Waals surface area contributed by atoms with E-state index in [0.29, 0.717) is 11.6 Å². The standard InChI is InChI=1S/C19H17ClN2O3/c1-2-25-16-9-5-13(6-10-16)11-17-18(23)22(19(24)21-17)12-14-3-7-15(20)8-4-14/h3-11H,2,12H2,1H3,(H,21,24). The summed E-state index contributed by atoms with van der Waals surface area (Å²) in [6, 6.07) is 13.9. The zero-order valence-electron chi connectivity index (χ0n) is 13.7. The van der Waals surface area contributed by atoms with Crippen molar-refractivity contribution in [2.24, 2.45) is 0 Å². The van der Waals surface area contributed by atoms with Gasteiger partial charge >= 0.3 is 6.03 Å². The van der Waals surface area contributed by atoms with Gasteiger partial charge in [0.25, 0.3) is 5.91 Å². The number of amides is 3. The van der Waals surface area contributed by atoms with E-state index in [0.717, 1.165) is 16.9 Å². The fourth-order valence-electron chi connectivity index (χ4n) is 2.48. The molecule has 1 heterocycles. The molecule has 0 atom stereocenters. The van der Waals surface area contributed by atoms with Crippen molar-refractivity contribution in [3.05, 3.63) is 70.4 Å². The highest BCUT2D eigenvalue weighted by Crippen LogP contribution is 2.19. The molecule has 0 spiro atoms. The van der Waals surface area contributed by atoms with Gasteiger partial charge in [0.1, 0.15) is 11.4 Å². The molecule has 0 aromatic heterocycles. The number of hydrogen-bond acceptors (Lipinski definition) is 3. The van der Waals surface area contributed by atoms with Crippen LogP contribution >= 0.6 is 11.6 Å². The molecule has 1 aliphatic rings. The highest BCUT2D eigenvalue weighted by molar-refractivity contribution is 6.30. The van der Waals surface area contributed by atoms with Crippen LogP contribution in [0.25, 0.3) is 6.08 Å². The molecule has 0 aliphatic carbocycles. The molecule has 6 heteroatoms. The van der Waals surface area contributed by atoms with Gasteiger partial charge in [-0.1, -0.05) is 35.9 Å². The van der Waals surface area contributed by atoms with Gasteiger partial charge in [0, 0.05) is 5.02 Å². The summed E-state index contributed by atoms with van der Waals surface area (Å²) in [5, 5.41) is 3.22. The van der Waals surface area contributed by atoms with Crippen LogP contribution in [0.5, 0.6) is 5.75 Å². The predicted octanol–water partition coefficient (Wildman–Crippen LogP) is 3.83. The van der Waals surface area contributed by atoms with Gasteiger partial charge in [-0.05, 0) is 48.4 Å². The molecule has 3 rings (SSSR count). The minimum Gasteiger partial charge on any atom is -0.494 e. The number of benzene rings is 2. The Morgan fingerprint density at radius 1 is 1.08 bits per heavy atom. The minimum atomic E-state index is -0.433. The van der Waals surface area contributed by atoms with Gasteiger partial charge in [-0.2, -0.15) is 0 Å². The first kappa shape index (κ1) is 17.0. The fourth-order valence-corrected chi connectivity index (χ4v) is 2.61. The van der Waals surface area contributed by atoms with Crippen molar-refractivity contribution in [3.8, 4) is 5.75 Å². The summed E-state index contributed by atoms with van der Waals surface area (Å²) >= 11 is 5.85. The normalized spacial score (nSPS) is 15.6. The second-order valence-corrected chi connectivity index (χ2v) is 5.94. The third kappa shape index (κ3) is 4.00. The van der Waals surface area contributed by atoms with Crippen LogP contribution in [0.15, 0.2) is 54.2 Å². The van der Waals surface area contributed by atoms with Crippen LogP contribution in [-0.2, 0) is 11.3 Å². The zero-order valence-corrected chi connectivity index (χ0v) is 14.4. The minimum absolute atomic E-state index is 0.197. The summed E-state index contributed by atoms with van der Waals surface area (Å²) in [5.74, 6) is 0.407. The summed E-state index contributed by atoms with van der Waals surface area (Å²) in [6.45, 7) is 2.70. The molecular weight excluding hydrogens is 340 g/mol. The second kappa shape index (κ2) is 7.40. The quantitative estimate of drug-likeness (QED) is 0.654. The molecular formula is C19H17ClN2O3. The first-order chi connectivity index (χ1) is 12.1. The third-order valence-corrected chi connectivity index (χ3v) is 3.97. The number of carbonyl (C=O) groups excluding carboxylic acids is 2. The highest BCUT2D eigenvalue weighted by atomic mass is 35.5. The van der Waals surface area contributed by atoms with Crippen LogP contribution in [0.1, 0.15) is 18.1 Å². The summed E-state index contributed by atoms with van der Waals surface area (Å²) in [4.78, 5) is 25.8. The SMILES string of the molecule is CCOc1ccc(C=C2NC(=O)N(Cc3ccc(Cl)cc3)C2=O)cc1. The van der Waals surface area contributed by atoms with Gasteiger partial charge in [-0.15, -0.1) is 0 Å².